The highest BCUT2D eigenvalue weighted by molar-refractivity contribution is 7.26. The van der Waals surface area contributed by atoms with Crippen LogP contribution in [0.5, 0.6) is 0 Å². The van der Waals surface area contributed by atoms with Crippen LogP contribution in [0.15, 0.2) is 217 Å². The highest BCUT2D eigenvalue weighted by atomic mass is 32.1. The van der Waals surface area contributed by atoms with Gasteiger partial charge in [0, 0.05) is 59.3 Å². The molecule has 0 amide bonds. The first-order valence-corrected chi connectivity index (χ1v) is 19.5. The number of allylic oxidation sites excluding steroid dienone is 5. The minimum Gasteiger partial charge on any atom is -0.398 e. The van der Waals surface area contributed by atoms with Crippen LogP contribution in [-0.4, -0.2) is 10.3 Å². The third-order valence-electron chi connectivity index (χ3n) is 10.6. The Morgan fingerprint density at radius 3 is 2.07 bits per heavy atom. The summed E-state index contributed by atoms with van der Waals surface area (Å²) in [6.45, 7) is 4.62. The van der Waals surface area contributed by atoms with Crippen molar-refractivity contribution in [3.8, 4) is 16.8 Å². The lowest BCUT2D eigenvalue weighted by atomic mass is 9.99. The van der Waals surface area contributed by atoms with Crippen molar-refractivity contribution in [2.45, 2.75) is 0 Å². The standard InChI is InChI=1S/C51H36N4S/c1-34(53-46-24-11-8-21-44(46)50(52)36-15-4-2-5-16-36)54(38-29-27-35(28-30-38)40-22-14-23-43-42-20-10-13-26-49(42)56-51(40)43)39-31-32-48-45(33-39)41-19-9-12-25-47(41)55(48)37-17-6-3-7-18-37/h2-33H,1,52H2/b50-44-,53-46-. The van der Waals surface area contributed by atoms with Gasteiger partial charge in [-0.15, -0.1) is 11.3 Å². The van der Waals surface area contributed by atoms with Gasteiger partial charge < -0.3 is 10.3 Å². The number of nitrogens with two attached hydrogens (primary N) is 1. The summed E-state index contributed by atoms with van der Waals surface area (Å²) in [7, 11) is 0. The normalized spacial score (nSPS) is 14.3. The van der Waals surface area contributed by atoms with Crippen molar-refractivity contribution >= 4 is 76.1 Å². The maximum absolute atomic E-state index is 6.80. The highest BCUT2D eigenvalue weighted by Gasteiger charge is 2.20. The number of para-hydroxylation sites is 2. The molecule has 2 aromatic heterocycles. The zero-order valence-electron chi connectivity index (χ0n) is 30.5. The molecule has 0 aliphatic heterocycles. The quantitative estimate of drug-likeness (QED) is 0.177. The Labute approximate surface area is 329 Å². The molecule has 0 spiro atoms. The second-order valence-electron chi connectivity index (χ2n) is 13.9. The van der Waals surface area contributed by atoms with Crippen LogP contribution >= 0.6 is 11.3 Å². The van der Waals surface area contributed by atoms with Crippen LogP contribution in [0.25, 0.3) is 64.5 Å². The Kier molecular flexibility index (Phi) is 8.28. The molecule has 0 fully saturated rings. The molecule has 56 heavy (non-hydrogen) atoms. The second kappa shape index (κ2) is 13.9. The first-order chi connectivity index (χ1) is 27.6. The molecule has 2 N–H and O–H groups in total. The molecule has 0 radical (unpaired) electrons. The SMILES string of the molecule is C=C(/N=C1/C=CC=C/C1=C(/N)c1ccccc1)N(c1ccc(-c2cccc3c2sc2ccccc23)cc1)c1ccc2c(c1)c1ccccc1n2-c1ccccc1. The molecule has 1 aliphatic rings. The van der Waals surface area contributed by atoms with Gasteiger partial charge in [-0.3, -0.25) is 4.90 Å². The fraction of sp³-hybridized carbons (Fsp3) is 0. The number of rotatable bonds is 7. The smallest absolute Gasteiger partial charge is 0.130 e. The van der Waals surface area contributed by atoms with Crippen LogP contribution in [0, 0.1) is 0 Å². The van der Waals surface area contributed by atoms with Crippen LogP contribution < -0.4 is 10.6 Å². The van der Waals surface area contributed by atoms with Crippen LogP contribution in [0.3, 0.4) is 0 Å². The lowest BCUT2D eigenvalue weighted by Crippen LogP contribution is -2.17. The van der Waals surface area contributed by atoms with Gasteiger partial charge in [-0.2, -0.15) is 0 Å². The predicted molar refractivity (Wildman–Crippen MR) is 240 cm³/mol. The third kappa shape index (κ3) is 5.74. The molecule has 2 heterocycles. The Morgan fingerprint density at radius 1 is 0.589 bits per heavy atom. The van der Waals surface area contributed by atoms with E-state index in [1.807, 2.05) is 66.0 Å². The monoisotopic (exact) mass is 736 g/mol. The van der Waals surface area contributed by atoms with Gasteiger partial charge in [0.15, 0.2) is 0 Å². The van der Waals surface area contributed by atoms with E-state index in [1.165, 1.54) is 31.1 Å². The highest BCUT2D eigenvalue weighted by Crippen LogP contribution is 2.42. The second-order valence-corrected chi connectivity index (χ2v) is 14.9. The average molecular weight is 737 g/mol. The predicted octanol–water partition coefficient (Wildman–Crippen LogP) is 13.4. The van der Waals surface area contributed by atoms with E-state index in [9.17, 15) is 0 Å². The summed E-state index contributed by atoms with van der Waals surface area (Å²) < 4.78 is 4.92. The summed E-state index contributed by atoms with van der Waals surface area (Å²) in [6.07, 6.45) is 8.01. The van der Waals surface area contributed by atoms with E-state index in [0.717, 1.165) is 55.9 Å². The lowest BCUT2D eigenvalue weighted by Gasteiger charge is -2.26. The summed E-state index contributed by atoms with van der Waals surface area (Å²) in [6, 6.07) is 59.9. The van der Waals surface area contributed by atoms with Crippen molar-refractivity contribution in [3.63, 3.8) is 0 Å². The molecule has 5 heteroatoms. The number of fused-ring (bicyclic) bond motifs is 6. The van der Waals surface area contributed by atoms with Gasteiger partial charge in [0.2, 0.25) is 0 Å². The molecule has 4 nitrogen and oxygen atoms in total. The van der Waals surface area contributed by atoms with Gasteiger partial charge >= 0.3 is 0 Å². The first-order valence-electron chi connectivity index (χ1n) is 18.7. The molecule has 0 saturated carbocycles. The molecule has 0 unspecified atom stereocenters. The van der Waals surface area contributed by atoms with Gasteiger partial charge in [0.25, 0.3) is 0 Å². The van der Waals surface area contributed by atoms with E-state index in [0.29, 0.717) is 11.5 Å². The minimum absolute atomic E-state index is 0.573. The Morgan fingerprint density at radius 2 is 1.25 bits per heavy atom. The van der Waals surface area contributed by atoms with Crippen LogP contribution in [-0.2, 0) is 0 Å². The average Bonchev–Trinajstić information content (AvgIpc) is 3.80. The minimum atomic E-state index is 0.573. The number of aliphatic imine (C=N–C) groups is 1. The van der Waals surface area contributed by atoms with E-state index in [-0.39, 0.29) is 0 Å². The molecule has 10 rings (SSSR count). The van der Waals surface area contributed by atoms with Crippen molar-refractivity contribution in [1.29, 1.82) is 0 Å². The van der Waals surface area contributed by atoms with Crippen molar-refractivity contribution in [2.24, 2.45) is 10.7 Å². The number of aromatic nitrogens is 1. The molecule has 9 aromatic rings. The van der Waals surface area contributed by atoms with Crippen molar-refractivity contribution in [3.05, 3.63) is 218 Å². The van der Waals surface area contributed by atoms with Gasteiger partial charge in [-0.05, 0) is 77.4 Å². The fourth-order valence-electron chi connectivity index (χ4n) is 7.93. The summed E-state index contributed by atoms with van der Waals surface area (Å²) >= 11 is 1.85. The maximum atomic E-state index is 6.80. The first kappa shape index (κ1) is 33.4. The van der Waals surface area contributed by atoms with Gasteiger partial charge in [-0.25, -0.2) is 4.99 Å². The summed E-state index contributed by atoms with van der Waals surface area (Å²) in [5.74, 6) is 0.573. The third-order valence-corrected chi connectivity index (χ3v) is 11.8. The molecule has 7 aromatic carbocycles. The number of anilines is 2. The van der Waals surface area contributed by atoms with E-state index in [2.05, 4.69) is 156 Å². The summed E-state index contributed by atoms with van der Waals surface area (Å²) in [5, 5.41) is 4.91. The number of benzene rings is 7. The molecule has 266 valence electrons. The fourth-order valence-corrected chi connectivity index (χ4v) is 9.17. The Hall–Kier alpha value is -7.21. The van der Waals surface area contributed by atoms with Crippen LogP contribution in [0.4, 0.5) is 11.4 Å². The van der Waals surface area contributed by atoms with E-state index in [1.54, 1.807) is 0 Å². The number of thiophene rings is 1. The Bertz CT molecular complexity index is 3090. The number of hydrogen-bond donors (Lipinski definition) is 1. The zero-order valence-corrected chi connectivity index (χ0v) is 31.3. The Balaban J connectivity index is 1.12. The summed E-state index contributed by atoms with van der Waals surface area (Å²) in [4.78, 5) is 7.37. The van der Waals surface area contributed by atoms with Crippen molar-refractivity contribution in [2.75, 3.05) is 4.90 Å². The van der Waals surface area contributed by atoms with E-state index >= 15 is 0 Å². The molecule has 0 bridgehead atoms. The van der Waals surface area contributed by atoms with Gasteiger partial charge in [0.05, 0.1) is 16.7 Å². The topological polar surface area (TPSA) is 46.5 Å². The molecule has 1 aliphatic carbocycles. The van der Waals surface area contributed by atoms with E-state index in [4.69, 9.17) is 10.7 Å². The number of nitrogens with zero attached hydrogens (tertiary/aromatic N) is 3. The lowest BCUT2D eigenvalue weighted by molar-refractivity contribution is 1.13. The number of hydrogen-bond acceptors (Lipinski definition) is 4. The van der Waals surface area contributed by atoms with Crippen molar-refractivity contribution < 1.29 is 0 Å². The zero-order chi connectivity index (χ0) is 37.6. The molecular formula is C51H36N4S. The molecule has 0 saturated heterocycles. The summed E-state index contributed by atoms with van der Waals surface area (Å²) in [5.41, 5.74) is 17.7. The van der Waals surface area contributed by atoms with Crippen LogP contribution in [0.1, 0.15) is 5.56 Å². The maximum Gasteiger partial charge on any atom is 0.130 e. The van der Waals surface area contributed by atoms with Gasteiger partial charge in [-0.1, -0.05) is 140 Å². The molecule has 0 atom stereocenters. The molecular weight excluding hydrogens is 701 g/mol. The van der Waals surface area contributed by atoms with Gasteiger partial charge in [0.1, 0.15) is 5.82 Å². The largest absolute Gasteiger partial charge is 0.398 e. The van der Waals surface area contributed by atoms with Crippen molar-refractivity contribution in [1.82, 2.24) is 4.57 Å². The van der Waals surface area contributed by atoms with Crippen LogP contribution in [0.2, 0.25) is 0 Å². The van der Waals surface area contributed by atoms with E-state index < -0.39 is 0 Å².